The Hall–Kier alpha value is -1.07. The van der Waals surface area contributed by atoms with E-state index in [1.807, 2.05) is 0 Å². The molecule has 2 aromatic rings. The number of halogens is 1. The first-order valence-electron chi connectivity index (χ1n) is 6.20. The van der Waals surface area contributed by atoms with Crippen molar-refractivity contribution in [2.24, 2.45) is 0 Å². The summed E-state index contributed by atoms with van der Waals surface area (Å²) in [6.45, 7) is 2.52. The maximum atomic E-state index is 13.3. The molecule has 0 N–H and O–H groups in total. The molecule has 0 saturated carbocycles. The zero-order chi connectivity index (χ0) is 13.7. The van der Waals surface area contributed by atoms with Crippen molar-refractivity contribution in [2.45, 2.75) is 25.5 Å². The van der Waals surface area contributed by atoms with Crippen LogP contribution in [0.15, 0.2) is 24.3 Å². The number of thiol groups is 1. The van der Waals surface area contributed by atoms with Gasteiger partial charge in [0, 0.05) is 17.1 Å². The standard InChI is InChI=1S/C14H16FNOS2/c1-2-11-13(9-18)19-14(16-11)7-8-17-12-6-4-3-5-10(12)15/h3-6,18H,2,7-9H2,1H3. The molecule has 0 saturated heterocycles. The average Bonchev–Trinajstić information content (AvgIpc) is 2.83. The van der Waals surface area contributed by atoms with Gasteiger partial charge in [0.2, 0.25) is 0 Å². The molecule has 0 aliphatic carbocycles. The lowest BCUT2D eigenvalue weighted by Crippen LogP contribution is -2.02. The largest absolute Gasteiger partial charge is 0.490 e. The van der Waals surface area contributed by atoms with E-state index in [1.54, 1.807) is 29.5 Å². The number of rotatable bonds is 6. The third-order valence-corrected chi connectivity index (χ3v) is 4.40. The fourth-order valence-corrected chi connectivity index (χ4v) is 3.13. The van der Waals surface area contributed by atoms with Gasteiger partial charge < -0.3 is 4.74 Å². The van der Waals surface area contributed by atoms with Crippen LogP contribution < -0.4 is 4.74 Å². The van der Waals surface area contributed by atoms with Crippen LogP contribution in [0.2, 0.25) is 0 Å². The van der Waals surface area contributed by atoms with Gasteiger partial charge in [0.05, 0.1) is 17.3 Å². The van der Waals surface area contributed by atoms with Gasteiger partial charge in [0.15, 0.2) is 11.6 Å². The highest BCUT2D eigenvalue weighted by Gasteiger charge is 2.09. The molecule has 1 aromatic heterocycles. The topological polar surface area (TPSA) is 22.1 Å². The van der Waals surface area contributed by atoms with Gasteiger partial charge in [0.1, 0.15) is 0 Å². The molecule has 102 valence electrons. The van der Waals surface area contributed by atoms with Crippen LogP contribution in [0.25, 0.3) is 0 Å². The number of thiazole rings is 1. The SMILES string of the molecule is CCc1nc(CCOc2ccccc2F)sc1CS. The van der Waals surface area contributed by atoms with Crippen molar-refractivity contribution in [3.8, 4) is 5.75 Å². The molecule has 0 aliphatic rings. The number of hydrogen-bond acceptors (Lipinski definition) is 4. The first kappa shape index (κ1) is 14.3. The maximum absolute atomic E-state index is 13.3. The van der Waals surface area contributed by atoms with Crippen molar-refractivity contribution in [2.75, 3.05) is 6.61 Å². The number of aromatic nitrogens is 1. The molecule has 0 fully saturated rings. The first-order chi connectivity index (χ1) is 9.24. The summed E-state index contributed by atoms with van der Waals surface area (Å²) in [6.07, 6.45) is 1.61. The minimum atomic E-state index is -0.327. The van der Waals surface area contributed by atoms with Crippen molar-refractivity contribution in [1.82, 2.24) is 4.98 Å². The summed E-state index contributed by atoms with van der Waals surface area (Å²) >= 11 is 5.96. The quantitative estimate of drug-likeness (QED) is 0.817. The van der Waals surface area contributed by atoms with Crippen LogP contribution in [-0.2, 0) is 18.6 Å². The summed E-state index contributed by atoms with van der Waals surface area (Å²) in [6, 6.07) is 6.44. The Morgan fingerprint density at radius 1 is 1.37 bits per heavy atom. The van der Waals surface area contributed by atoms with Gasteiger partial charge in [-0.1, -0.05) is 19.1 Å². The molecule has 0 spiro atoms. The summed E-state index contributed by atoms with van der Waals surface area (Å²) in [7, 11) is 0. The van der Waals surface area contributed by atoms with Gasteiger partial charge in [-0.25, -0.2) is 9.37 Å². The molecule has 0 unspecified atom stereocenters. The predicted octanol–water partition coefficient (Wildman–Crippen LogP) is 3.90. The fraction of sp³-hybridized carbons (Fsp3) is 0.357. The zero-order valence-electron chi connectivity index (χ0n) is 10.7. The third kappa shape index (κ3) is 3.70. The van der Waals surface area contributed by atoms with E-state index in [1.165, 1.54) is 10.9 Å². The van der Waals surface area contributed by atoms with Crippen LogP contribution >= 0.6 is 24.0 Å². The first-order valence-corrected chi connectivity index (χ1v) is 7.65. The number of aryl methyl sites for hydroxylation is 1. The Bertz CT molecular complexity index is 520. The number of para-hydroxylation sites is 1. The Kier molecular flexibility index (Phi) is 5.22. The third-order valence-electron chi connectivity index (χ3n) is 2.71. The molecular formula is C14H16FNOS2. The Morgan fingerprint density at radius 3 is 2.79 bits per heavy atom. The number of nitrogens with zero attached hydrogens (tertiary/aromatic N) is 1. The van der Waals surface area contributed by atoms with Crippen molar-refractivity contribution in [1.29, 1.82) is 0 Å². The van der Waals surface area contributed by atoms with Crippen LogP contribution in [0.4, 0.5) is 4.39 Å². The summed E-state index contributed by atoms with van der Waals surface area (Å²) in [5, 5.41) is 1.03. The highest BCUT2D eigenvalue weighted by atomic mass is 32.1. The van der Waals surface area contributed by atoms with Gasteiger partial charge in [-0.3, -0.25) is 0 Å². The van der Waals surface area contributed by atoms with Crippen LogP contribution in [0, 0.1) is 5.82 Å². The number of ether oxygens (including phenoxy) is 1. The Balaban J connectivity index is 1.92. The molecule has 1 aromatic carbocycles. The monoisotopic (exact) mass is 297 g/mol. The highest BCUT2D eigenvalue weighted by Crippen LogP contribution is 2.22. The van der Waals surface area contributed by atoms with E-state index in [0.29, 0.717) is 18.8 Å². The maximum Gasteiger partial charge on any atom is 0.165 e. The van der Waals surface area contributed by atoms with Gasteiger partial charge in [0.25, 0.3) is 0 Å². The molecule has 5 heteroatoms. The van der Waals surface area contributed by atoms with Gasteiger partial charge in [-0.2, -0.15) is 12.6 Å². The number of hydrogen-bond donors (Lipinski definition) is 1. The molecule has 19 heavy (non-hydrogen) atoms. The molecule has 2 rings (SSSR count). The smallest absolute Gasteiger partial charge is 0.165 e. The summed E-state index contributed by atoms with van der Waals surface area (Å²) in [4.78, 5) is 5.76. The molecule has 0 radical (unpaired) electrons. The Labute approximate surface area is 122 Å². The second-order valence-electron chi connectivity index (χ2n) is 4.02. The second-order valence-corrected chi connectivity index (χ2v) is 5.50. The van der Waals surface area contributed by atoms with E-state index in [9.17, 15) is 4.39 Å². The van der Waals surface area contributed by atoms with Gasteiger partial charge in [-0.15, -0.1) is 11.3 Å². The molecular weight excluding hydrogens is 281 g/mol. The normalized spacial score (nSPS) is 10.7. The van der Waals surface area contributed by atoms with Crippen LogP contribution in [0.5, 0.6) is 5.75 Å². The molecule has 1 heterocycles. The van der Waals surface area contributed by atoms with E-state index in [4.69, 9.17) is 4.74 Å². The van der Waals surface area contributed by atoms with Crippen LogP contribution in [0.3, 0.4) is 0 Å². The molecule has 0 aliphatic heterocycles. The van der Waals surface area contributed by atoms with Crippen molar-refractivity contribution in [3.05, 3.63) is 45.7 Å². The van der Waals surface area contributed by atoms with Crippen molar-refractivity contribution in [3.63, 3.8) is 0 Å². The minimum absolute atomic E-state index is 0.296. The van der Waals surface area contributed by atoms with Crippen molar-refractivity contribution < 1.29 is 9.13 Å². The van der Waals surface area contributed by atoms with Crippen LogP contribution in [0.1, 0.15) is 22.5 Å². The van der Waals surface area contributed by atoms with E-state index >= 15 is 0 Å². The number of benzene rings is 1. The van der Waals surface area contributed by atoms with E-state index in [2.05, 4.69) is 24.5 Å². The second kappa shape index (κ2) is 6.91. The van der Waals surface area contributed by atoms with Crippen molar-refractivity contribution >= 4 is 24.0 Å². The Morgan fingerprint density at radius 2 is 2.16 bits per heavy atom. The molecule has 2 nitrogen and oxygen atoms in total. The lowest BCUT2D eigenvalue weighted by molar-refractivity contribution is 0.305. The lowest BCUT2D eigenvalue weighted by Gasteiger charge is -2.05. The summed E-state index contributed by atoms with van der Waals surface area (Å²) in [5.74, 6) is 0.686. The highest BCUT2D eigenvalue weighted by molar-refractivity contribution is 7.79. The summed E-state index contributed by atoms with van der Waals surface area (Å²) in [5.41, 5.74) is 1.11. The van der Waals surface area contributed by atoms with E-state index in [-0.39, 0.29) is 5.82 Å². The van der Waals surface area contributed by atoms with Gasteiger partial charge >= 0.3 is 0 Å². The summed E-state index contributed by atoms with van der Waals surface area (Å²) < 4.78 is 18.8. The van der Waals surface area contributed by atoms with Gasteiger partial charge in [-0.05, 0) is 18.6 Å². The van der Waals surface area contributed by atoms with Crippen LogP contribution in [-0.4, -0.2) is 11.6 Å². The molecule has 0 bridgehead atoms. The fourth-order valence-electron chi connectivity index (χ4n) is 1.75. The van der Waals surface area contributed by atoms with E-state index in [0.717, 1.165) is 22.9 Å². The minimum Gasteiger partial charge on any atom is -0.490 e. The van der Waals surface area contributed by atoms with E-state index < -0.39 is 0 Å². The lowest BCUT2D eigenvalue weighted by atomic mass is 10.3. The average molecular weight is 297 g/mol. The zero-order valence-corrected chi connectivity index (χ0v) is 12.4. The molecule has 0 amide bonds. The predicted molar refractivity (Wildman–Crippen MR) is 79.8 cm³/mol. The molecule has 0 atom stereocenters.